The maximum absolute atomic E-state index is 14.5. The van der Waals surface area contributed by atoms with Crippen molar-refractivity contribution in [1.29, 1.82) is 0 Å². The fraction of sp³-hybridized carbons (Fsp3) is 0.316. The monoisotopic (exact) mass is 396 g/mol. The lowest BCUT2D eigenvalue weighted by molar-refractivity contribution is -0.115. The van der Waals surface area contributed by atoms with Gasteiger partial charge in [0.05, 0.1) is 12.8 Å². The summed E-state index contributed by atoms with van der Waals surface area (Å²) in [6, 6.07) is 11.2. The Bertz CT molecular complexity index is 756. The van der Waals surface area contributed by atoms with E-state index < -0.39 is 0 Å². The quantitative estimate of drug-likeness (QED) is 0.724. The van der Waals surface area contributed by atoms with Gasteiger partial charge in [0.15, 0.2) is 0 Å². The number of halogens is 2. The van der Waals surface area contributed by atoms with Crippen molar-refractivity contribution in [3.05, 3.63) is 53.3 Å². The Kier molecular flexibility index (Phi) is 7.75. The van der Waals surface area contributed by atoms with E-state index in [0.29, 0.717) is 30.7 Å². The summed E-state index contributed by atoms with van der Waals surface area (Å²) in [4.78, 5) is 13.2. The van der Waals surface area contributed by atoms with Gasteiger partial charge in [0.25, 0.3) is 0 Å². The largest absolute Gasteiger partial charge is 0.497 e. The number of benzene rings is 2. The van der Waals surface area contributed by atoms with Crippen LogP contribution in [0.1, 0.15) is 17.5 Å². The van der Waals surface area contributed by atoms with Crippen molar-refractivity contribution in [3.63, 3.8) is 0 Å². The maximum Gasteiger partial charge on any atom is 0.225 e. The van der Waals surface area contributed by atoms with Crippen LogP contribution in [0, 0.1) is 5.82 Å². The van der Waals surface area contributed by atoms with Gasteiger partial charge < -0.3 is 15.4 Å². The van der Waals surface area contributed by atoms with Crippen molar-refractivity contribution >= 4 is 35.8 Å². The van der Waals surface area contributed by atoms with Crippen LogP contribution < -0.4 is 15.4 Å². The van der Waals surface area contributed by atoms with Crippen molar-refractivity contribution in [2.45, 2.75) is 24.3 Å². The van der Waals surface area contributed by atoms with Crippen LogP contribution in [0.15, 0.2) is 41.3 Å². The fourth-order valence-electron chi connectivity index (χ4n) is 2.78. The number of nitrogens with one attached hydrogen (secondary N) is 2. The number of rotatable bonds is 6. The zero-order valence-electron chi connectivity index (χ0n) is 14.5. The first-order chi connectivity index (χ1) is 12.2. The molecule has 0 aliphatic carbocycles. The lowest BCUT2D eigenvalue weighted by Gasteiger charge is -2.19. The standard InChI is InChI=1S/C19H21FN2O2S.ClH/c1-24-14-3-5-15(6-4-14)25-11-9-18(23)22-17-7-2-13-12-21-10-8-16(13)19(17)20;/h2-7,21H,8-12H2,1H3,(H,22,23);1H. The summed E-state index contributed by atoms with van der Waals surface area (Å²) in [6.45, 7) is 1.44. The molecule has 0 spiro atoms. The second kappa shape index (κ2) is 9.80. The molecule has 3 rings (SSSR count). The fourth-order valence-corrected chi connectivity index (χ4v) is 3.63. The van der Waals surface area contributed by atoms with E-state index in [9.17, 15) is 9.18 Å². The lowest BCUT2D eigenvalue weighted by atomic mass is 9.99. The van der Waals surface area contributed by atoms with Crippen LogP contribution in [0.4, 0.5) is 10.1 Å². The number of anilines is 1. The van der Waals surface area contributed by atoms with Gasteiger partial charge in [0.2, 0.25) is 5.91 Å². The van der Waals surface area contributed by atoms with Gasteiger partial charge >= 0.3 is 0 Å². The van der Waals surface area contributed by atoms with E-state index in [0.717, 1.165) is 22.8 Å². The molecular weight excluding hydrogens is 375 g/mol. The summed E-state index contributed by atoms with van der Waals surface area (Å²) in [5.41, 5.74) is 1.96. The average Bonchev–Trinajstić information content (AvgIpc) is 2.65. The zero-order valence-corrected chi connectivity index (χ0v) is 16.1. The molecule has 2 N–H and O–H groups in total. The van der Waals surface area contributed by atoms with Gasteiger partial charge in [-0.05, 0) is 54.4 Å². The smallest absolute Gasteiger partial charge is 0.225 e. The number of ether oxygens (including phenoxy) is 1. The van der Waals surface area contributed by atoms with Gasteiger partial charge in [-0.2, -0.15) is 0 Å². The van der Waals surface area contributed by atoms with Crippen LogP contribution in [0.2, 0.25) is 0 Å². The molecular formula is C19H22ClFN2O2S. The molecule has 1 aliphatic heterocycles. The first-order valence-corrected chi connectivity index (χ1v) is 9.23. The van der Waals surface area contributed by atoms with E-state index in [1.807, 2.05) is 30.3 Å². The van der Waals surface area contributed by atoms with Crippen molar-refractivity contribution in [1.82, 2.24) is 5.32 Å². The van der Waals surface area contributed by atoms with Gasteiger partial charge in [-0.1, -0.05) is 6.07 Å². The molecule has 140 valence electrons. The van der Waals surface area contributed by atoms with Crippen LogP contribution in [0.25, 0.3) is 0 Å². The Morgan fingerprint density at radius 1 is 1.27 bits per heavy atom. The Morgan fingerprint density at radius 3 is 2.77 bits per heavy atom. The van der Waals surface area contributed by atoms with E-state index >= 15 is 0 Å². The van der Waals surface area contributed by atoms with Crippen molar-refractivity contribution in [3.8, 4) is 5.75 Å². The van der Waals surface area contributed by atoms with E-state index in [1.54, 1.807) is 24.9 Å². The molecule has 0 radical (unpaired) electrons. The number of hydrogen-bond donors (Lipinski definition) is 2. The molecule has 1 amide bonds. The predicted molar refractivity (Wildman–Crippen MR) is 106 cm³/mol. The maximum atomic E-state index is 14.5. The van der Waals surface area contributed by atoms with E-state index in [-0.39, 0.29) is 29.8 Å². The third-order valence-electron chi connectivity index (χ3n) is 4.14. The second-order valence-electron chi connectivity index (χ2n) is 5.81. The molecule has 0 atom stereocenters. The highest BCUT2D eigenvalue weighted by Gasteiger charge is 2.17. The molecule has 2 aromatic rings. The average molecular weight is 397 g/mol. The molecule has 2 aromatic carbocycles. The minimum Gasteiger partial charge on any atom is -0.497 e. The summed E-state index contributed by atoms with van der Waals surface area (Å²) in [6.07, 6.45) is 0.979. The molecule has 1 aliphatic rings. The van der Waals surface area contributed by atoms with E-state index in [2.05, 4.69) is 10.6 Å². The normalized spacial score (nSPS) is 12.7. The Morgan fingerprint density at radius 2 is 2.04 bits per heavy atom. The van der Waals surface area contributed by atoms with Crippen molar-refractivity contribution < 1.29 is 13.9 Å². The third-order valence-corrected chi connectivity index (χ3v) is 5.15. The topological polar surface area (TPSA) is 50.4 Å². The molecule has 0 saturated carbocycles. The molecule has 1 heterocycles. The Hall–Kier alpha value is -1.76. The van der Waals surface area contributed by atoms with Gasteiger partial charge in [0.1, 0.15) is 11.6 Å². The van der Waals surface area contributed by atoms with Crippen LogP contribution in [0.5, 0.6) is 5.75 Å². The number of fused-ring (bicyclic) bond motifs is 1. The highest BCUT2D eigenvalue weighted by atomic mass is 35.5. The number of methoxy groups -OCH3 is 1. The van der Waals surface area contributed by atoms with Gasteiger partial charge in [-0.3, -0.25) is 4.79 Å². The number of amides is 1. The number of hydrogen-bond acceptors (Lipinski definition) is 4. The minimum atomic E-state index is -0.296. The van der Waals surface area contributed by atoms with Crippen molar-refractivity contribution in [2.75, 3.05) is 24.7 Å². The SMILES string of the molecule is COc1ccc(SCCC(=O)Nc2ccc3c(c2F)CCNC3)cc1.Cl. The Labute approximate surface area is 163 Å². The molecule has 4 nitrogen and oxygen atoms in total. The van der Waals surface area contributed by atoms with Gasteiger partial charge in [-0.15, -0.1) is 24.2 Å². The summed E-state index contributed by atoms with van der Waals surface area (Å²) < 4.78 is 19.6. The lowest BCUT2D eigenvalue weighted by Crippen LogP contribution is -2.25. The third kappa shape index (κ3) is 5.13. The van der Waals surface area contributed by atoms with E-state index in [1.165, 1.54) is 0 Å². The number of thioether (sulfide) groups is 1. The highest BCUT2D eigenvalue weighted by Crippen LogP contribution is 2.25. The van der Waals surface area contributed by atoms with Crippen LogP contribution in [-0.2, 0) is 17.8 Å². The van der Waals surface area contributed by atoms with Crippen LogP contribution in [0.3, 0.4) is 0 Å². The second-order valence-corrected chi connectivity index (χ2v) is 6.98. The van der Waals surface area contributed by atoms with Gasteiger partial charge in [-0.25, -0.2) is 4.39 Å². The van der Waals surface area contributed by atoms with Crippen LogP contribution in [-0.4, -0.2) is 25.3 Å². The summed E-state index contributed by atoms with van der Waals surface area (Å²) >= 11 is 1.59. The summed E-state index contributed by atoms with van der Waals surface area (Å²) in [5.74, 6) is 0.971. The molecule has 26 heavy (non-hydrogen) atoms. The zero-order chi connectivity index (χ0) is 17.6. The number of carbonyl (C=O) groups excluding carboxylic acids is 1. The van der Waals surface area contributed by atoms with Crippen molar-refractivity contribution in [2.24, 2.45) is 0 Å². The van der Waals surface area contributed by atoms with E-state index in [4.69, 9.17) is 4.74 Å². The summed E-state index contributed by atoms with van der Waals surface area (Å²) in [7, 11) is 1.63. The molecule has 0 aromatic heterocycles. The van der Waals surface area contributed by atoms with Crippen LogP contribution >= 0.6 is 24.2 Å². The molecule has 0 bridgehead atoms. The molecule has 0 fully saturated rings. The van der Waals surface area contributed by atoms with Gasteiger partial charge in [0, 0.05) is 23.6 Å². The first-order valence-electron chi connectivity index (χ1n) is 8.25. The highest BCUT2D eigenvalue weighted by molar-refractivity contribution is 7.99. The number of carbonyl (C=O) groups is 1. The predicted octanol–water partition coefficient (Wildman–Crippen LogP) is 4.02. The molecule has 0 saturated heterocycles. The minimum absolute atomic E-state index is 0. The molecule has 0 unspecified atom stereocenters. The Balaban J connectivity index is 0.00000243. The summed E-state index contributed by atoms with van der Waals surface area (Å²) in [5, 5.41) is 5.91. The first kappa shape index (κ1) is 20.6. The molecule has 7 heteroatoms.